The van der Waals surface area contributed by atoms with Crippen molar-refractivity contribution >= 4 is 33.2 Å². The number of hydrogen-bond acceptors (Lipinski definition) is 3. The maximum atomic E-state index is 13.7. The number of nitrogens with zero attached hydrogens (tertiary/aromatic N) is 1. The zero-order valence-electron chi connectivity index (χ0n) is 13.5. The van der Waals surface area contributed by atoms with Gasteiger partial charge in [0.05, 0.1) is 10.6 Å². The third-order valence-corrected chi connectivity index (χ3v) is 6.29. The van der Waals surface area contributed by atoms with Crippen molar-refractivity contribution in [2.45, 2.75) is 23.8 Å². The Morgan fingerprint density at radius 2 is 1.85 bits per heavy atom. The van der Waals surface area contributed by atoms with E-state index in [9.17, 15) is 22.0 Å². The lowest BCUT2D eigenvalue weighted by Crippen LogP contribution is -2.43. The highest BCUT2D eigenvalue weighted by Gasteiger charge is 2.39. The van der Waals surface area contributed by atoms with Crippen molar-refractivity contribution < 1.29 is 22.0 Å². The summed E-state index contributed by atoms with van der Waals surface area (Å²) in [4.78, 5) is 12.5. The molecule has 3 rings (SSSR count). The molecule has 9 heteroatoms. The van der Waals surface area contributed by atoms with Crippen LogP contribution < -0.4 is 5.32 Å². The monoisotopic (exact) mass is 400 g/mol. The van der Waals surface area contributed by atoms with Crippen LogP contribution in [0.15, 0.2) is 47.4 Å². The van der Waals surface area contributed by atoms with Gasteiger partial charge in [0.2, 0.25) is 15.9 Å². The van der Waals surface area contributed by atoms with Crippen LogP contribution in [0.4, 0.5) is 14.5 Å². The van der Waals surface area contributed by atoms with Gasteiger partial charge in [-0.15, -0.1) is 0 Å². The van der Waals surface area contributed by atoms with Crippen LogP contribution in [0.5, 0.6) is 0 Å². The normalized spacial score (nSPS) is 18.0. The first kappa shape index (κ1) is 18.8. The van der Waals surface area contributed by atoms with E-state index in [1.807, 2.05) is 0 Å². The Bertz CT molecular complexity index is 936. The Balaban J connectivity index is 1.83. The minimum atomic E-state index is -3.90. The summed E-state index contributed by atoms with van der Waals surface area (Å²) in [7, 11) is -3.90. The van der Waals surface area contributed by atoms with Gasteiger partial charge in [0.25, 0.3) is 0 Å². The largest absolute Gasteiger partial charge is 0.322 e. The third-order valence-electron chi connectivity index (χ3n) is 4.12. The number of benzene rings is 2. The molecular formula is C17H15ClF2N2O3S. The minimum Gasteiger partial charge on any atom is -0.322 e. The molecule has 5 nitrogen and oxygen atoms in total. The lowest BCUT2D eigenvalue weighted by Gasteiger charge is -2.23. The molecule has 1 heterocycles. The van der Waals surface area contributed by atoms with Crippen molar-refractivity contribution in [3.8, 4) is 0 Å². The van der Waals surface area contributed by atoms with Gasteiger partial charge < -0.3 is 5.32 Å². The van der Waals surface area contributed by atoms with E-state index in [-0.39, 0.29) is 17.1 Å². The van der Waals surface area contributed by atoms with Gasteiger partial charge >= 0.3 is 0 Å². The fourth-order valence-corrected chi connectivity index (χ4v) is 4.62. The number of amides is 1. The van der Waals surface area contributed by atoms with E-state index in [0.717, 1.165) is 16.4 Å². The van der Waals surface area contributed by atoms with Crippen LogP contribution in [0.2, 0.25) is 5.02 Å². The van der Waals surface area contributed by atoms with Crippen LogP contribution >= 0.6 is 11.6 Å². The molecule has 1 N–H and O–H groups in total. The van der Waals surface area contributed by atoms with Gasteiger partial charge in [0.15, 0.2) is 0 Å². The van der Waals surface area contributed by atoms with Crippen molar-refractivity contribution in [1.29, 1.82) is 0 Å². The lowest BCUT2D eigenvalue weighted by molar-refractivity contribution is -0.119. The number of nitrogens with one attached hydrogen (secondary N) is 1. The molecule has 0 unspecified atom stereocenters. The molecule has 138 valence electrons. The van der Waals surface area contributed by atoms with Crippen molar-refractivity contribution in [2.24, 2.45) is 0 Å². The van der Waals surface area contributed by atoms with E-state index in [1.54, 1.807) is 0 Å². The van der Waals surface area contributed by atoms with Crippen molar-refractivity contribution in [3.63, 3.8) is 0 Å². The van der Waals surface area contributed by atoms with Crippen LogP contribution in [-0.4, -0.2) is 31.2 Å². The third kappa shape index (κ3) is 3.72. The molecule has 0 aliphatic carbocycles. The van der Waals surface area contributed by atoms with Gasteiger partial charge in [-0.25, -0.2) is 17.2 Å². The quantitative estimate of drug-likeness (QED) is 0.855. The fourth-order valence-electron chi connectivity index (χ4n) is 2.84. The number of carbonyl (C=O) groups is 1. The predicted octanol–water partition coefficient (Wildman–Crippen LogP) is 3.41. The molecule has 1 fully saturated rings. The van der Waals surface area contributed by atoms with Gasteiger partial charge in [0.1, 0.15) is 17.7 Å². The molecule has 0 saturated carbocycles. The Hall–Kier alpha value is -2.03. The van der Waals surface area contributed by atoms with Gasteiger partial charge in [-0.1, -0.05) is 11.6 Å². The van der Waals surface area contributed by atoms with Crippen LogP contribution in [0.3, 0.4) is 0 Å². The van der Waals surface area contributed by atoms with Gasteiger partial charge in [0, 0.05) is 17.6 Å². The summed E-state index contributed by atoms with van der Waals surface area (Å²) in [6.07, 6.45) is 0.804. The van der Waals surface area contributed by atoms with Crippen LogP contribution in [0, 0.1) is 11.6 Å². The van der Waals surface area contributed by atoms with Crippen LogP contribution in [-0.2, 0) is 14.8 Å². The number of anilines is 1. The summed E-state index contributed by atoms with van der Waals surface area (Å²) in [6.45, 7) is 0.176. The molecule has 1 aliphatic heterocycles. The summed E-state index contributed by atoms with van der Waals surface area (Å²) in [5.74, 6) is -2.36. The number of sulfonamides is 1. The van der Waals surface area contributed by atoms with E-state index in [1.165, 1.54) is 24.3 Å². The maximum Gasteiger partial charge on any atom is 0.243 e. The van der Waals surface area contributed by atoms with Crippen LogP contribution in [0.25, 0.3) is 0 Å². The van der Waals surface area contributed by atoms with Gasteiger partial charge in [-0.05, 0) is 49.2 Å². The molecule has 26 heavy (non-hydrogen) atoms. The second-order valence-corrected chi connectivity index (χ2v) is 8.17. The van der Waals surface area contributed by atoms with Crippen molar-refractivity contribution in [2.75, 3.05) is 11.9 Å². The molecule has 0 aromatic heterocycles. The second-order valence-electron chi connectivity index (χ2n) is 5.84. The summed E-state index contributed by atoms with van der Waals surface area (Å²) in [5.41, 5.74) is -0.202. The molecule has 1 aliphatic rings. The van der Waals surface area contributed by atoms with E-state index in [2.05, 4.69) is 5.32 Å². The summed E-state index contributed by atoms with van der Waals surface area (Å²) in [5, 5.41) is 2.73. The van der Waals surface area contributed by atoms with Gasteiger partial charge in [-0.3, -0.25) is 4.79 Å². The number of hydrogen-bond donors (Lipinski definition) is 1. The highest BCUT2D eigenvalue weighted by atomic mass is 35.5. The molecule has 1 saturated heterocycles. The Morgan fingerprint density at radius 3 is 2.50 bits per heavy atom. The molecule has 0 spiro atoms. The first-order chi connectivity index (χ1) is 12.3. The molecule has 1 atom stereocenters. The van der Waals surface area contributed by atoms with Gasteiger partial charge in [-0.2, -0.15) is 4.31 Å². The van der Waals surface area contributed by atoms with E-state index < -0.39 is 33.6 Å². The Labute approximate surface area is 154 Å². The average Bonchev–Trinajstić information content (AvgIpc) is 3.08. The Kier molecular flexibility index (Phi) is 5.27. The second kappa shape index (κ2) is 7.30. The smallest absolute Gasteiger partial charge is 0.243 e. The number of halogens is 3. The van der Waals surface area contributed by atoms with Crippen molar-refractivity contribution in [3.05, 3.63) is 59.1 Å². The Morgan fingerprint density at radius 1 is 1.15 bits per heavy atom. The number of carbonyl (C=O) groups excluding carboxylic acids is 1. The topological polar surface area (TPSA) is 66.5 Å². The van der Waals surface area contributed by atoms with E-state index in [4.69, 9.17) is 11.6 Å². The standard InChI is InChI=1S/C17H15ClF2N2O3S/c18-11-3-6-13(7-4-11)26(24,25)22-9-1-2-16(22)17(23)21-15-8-5-12(19)10-14(15)20/h3-8,10,16H,1-2,9H2,(H,21,23)/t16-/m1/s1. The zero-order chi connectivity index (χ0) is 18.9. The zero-order valence-corrected chi connectivity index (χ0v) is 15.0. The summed E-state index contributed by atoms with van der Waals surface area (Å²) < 4.78 is 53.4. The molecular weight excluding hydrogens is 386 g/mol. The van der Waals surface area contributed by atoms with Crippen LogP contribution in [0.1, 0.15) is 12.8 Å². The average molecular weight is 401 g/mol. The number of rotatable bonds is 4. The highest BCUT2D eigenvalue weighted by Crippen LogP contribution is 2.28. The lowest BCUT2D eigenvalue weighted by atomic mass is 10.2. The molecule has 0 bridgehead atoms. The first-order valence-electron chi connectivity index (χ1n) is 7.82. The minimum absolute atomic E-state index is 0.0227. The summed E-state index contributed by atoms with van der Waals surface area (Å²) >= 11 is 5.78. The van der Waals surface area contributed by atoms with Crippen molar-refractivity contribution in [1.82, 2.24) is 4.31 Å². The SMILES string of the molecule is O=C(Nc1ccc(F)cc1F)[C@H]1CCCN1S(=O)(=O)c1ccc(Cl)cc1. The van der Waals surface area contributed by atoms with E-state index in [0.29, 0.717) is 23.9 Å². The summed E-state index contributed by atoms with van der Waals surface area (Å²) in [6, 6.07) is 7.41. The molecule has 2 aromatic rings. The van der Waals surface area contributed by atoms with E-state index >= 15 is 0 Å². The maximum absolute atomic E-state index is 13.7. The molecule has 0 radical (unpaired) electrons. The molecule has 2 aromatic carbocycles. The fraction of sp³-hybridized carbons (Fsp3) is 0.235. The predicted molar refractivity (Wildman–Crippen MR) is 93.4 cm³/mol. The highest BCUT2D eigenvalue weighted by molar-refractivity contribution is 7.89. The molecule has 1 amide bonds. The first-order valence-corrected chi connectivity index (χ1v) is 9.64.